The number of fused-ring (bicyclic) bond motifs is 6. The van der Waals surface area contributed by atoms with Gasteiger partial charge in [0.05, 0.1) is 5.56 Å². The van der Waals surface area contributed by atoms with Gasteiger partial charge in [0.25, 0.3) is 0 Å². The zero-order valence-electron chi connectivity index (χ0n) is 24.1. The largest absolute Gasteiger partial charge is 0.456 e. The third kappa shape index (κ3) is 7.79. The van der Waals surface area contributed by atoms with Crippen LogP contribution in [-0.4, -0.2) is 67.5 Å². The number of nitrogens with two attached hydrogens (primary N) is 2. The number of esters is 1. The van der Waals surface area contributed by atoms with Crippen LogP contribution in [0.5, 0.6) is 11.5 Å². The second-order valence-electron chi connectivity index (χ2n) is 9.53. The van der Waals surface area contributed by atoms with Gasteiger partial charge in [-0.2, -0.15) is 0 Å². The van der Waals surface area contributed by atoms with E-state index >= 15 is 0 Å². The van der Waals surface area contributed by atoms with Crippen LogP contribution >= 0.6 is 43.2 Å². The van der Waals surface area contributed by atoms with E-state index in [0.29, 0.717) is 69.7 Å². The van der Waals surface area contributed by atoms with Crippen molar-refractivity contribution < 1.29 is 33.3 Å². The molecule has 0 saturated carbocycles. The van der Waals surface area contributed by atoms with Gasteiger partial charge in [-0.1, -0.05) is 61.4 Å². The van der Waals surface area contributed by atoms with Gasteiger partial charge in [-0.15, -0.1) is 0 Å². The summed E-state index contributed by atoms with van der Waals surface area (Å²) in [6.07, 6.45) is -1.21. The predicted molar refractivity (Wildman–Crippen MR) is 183 cm³/mol. The summed E-state index contributed by atoms with van der Waals surface area (Å²) >= 11 is 0. The van der Waals surface area contributed by atoms with Crippen LogP contribution < -0.4 is 26.8 Å². The molecule has 1 spiro atoms. The van der Waals surface area contributed by atoms with Crippen LogP contribution in [0.25, 0.3) is 0 Å². The highest BCUT2D eigenvalue weighted by molar-refractivity contribution is 8.77. The van der Waals surface area contributed by atoms with Gasteiger partial charge in [0, 0.05) is 76.3 Å². The smallest absolute Gasteiger partial charge is 0.411 e. The maximum absolute atomic E-state index is 13.1. The molecule has 2 amide bonds. The second kappa shape index (κ2) is 15.9. The molecule has 6 N–H and O–H groups in total. The van der Waals surface area contributed by atoms with Crippen LogP contribution in [0.2, 0.25) is 0 Å². The van der Waals surface area contributed by atoms with Crippen molar-refractivity contribution in [1.82, 2.24) is 0 Å². The Morgan fingerprint density at radius 1 is 0.711 bits per heavy atom. The van der Waals surface area contributed by atoms with Crippen molar-refractivity contribution >= 4 is 72.7 Å². The van der Waals surface area contributed by atoms with Gasteiger partial charge in [-0.05, 0) is 30.3 Å². The number of rotatable bonds is 14. The van der Waals surface area contributed by atoms with Crippen LogP contribution in [0.4, 0.5) is 21.0 Å². The summed E-state index contributed by atoms with van der Waals surface area (Å²) in [6, 6.07) is 17.4. The van der Waals surface area contributed by atoms with Gasteiger partial charge in [0.1, 0.15) is 24.7 Å². The first kappa shape index (κ1) is 33.2. The third-order valence-corrected chi connectivity index (χ3v) is 11.4. The Balaban J connectivity index is 1.36. The number of anilines is 2. The highest BCUT2D eigenvalue weighted by atomic mass is 33.1. The highest BCUT2D eigenvalue weighted by Gasteiger charge is 2.53. The van der Waals surface area contributed by atoms with Gasteiger partial charge < -0.3 is 30.4 Å². The average Bonchev–Trinajstić information content (AvgIpc) is 3.33. The van der Waals surface area contributed by atoms with Crippen LogP contribution in [0.1, 0.15) is 27.0 Å². The van der Waals surface area contributed by atoms with Crippen LogP contribution in [0.15, 0.2) is 60.7 Å². The van der Waals surface area contributed by atoms with E-state index in [9.17, 15) is 14.4 Å². The number of carbonyl (C=O) groups excluding carboxylic acids is 3. The van der Waals surface area contributed by atoms with Crippen molar-refractivity contribution in [2.24, 2.45) is 11.5 Å². The maximum Gasteiger partial charge on any atom is 0.411 e. The van der Waals surface area contributed by atoms with Crippen molar-refractivity contribution in [3.8, 4) is 11.5 Å². The third-order valence-electron chi connectivity index (χ3n) is 6.58. The molecule has 0 bridgehead atoms. The fraction of sp³-hybridized carbons (Fsp3) is 0.300. The van der Waals surface area contributed by atoms with Crippen molar-refractivity contribution in [2.45, 2.75) is 5.60 Å². The molecule has 0 aromatic heterocycles. The Kier molecular flexibility index (Phi) is 11.7. The lowest BCUT2D eigenvalue weighted by Crippen LogP contribution is -2.33. The molecule has 2 aliphatic rings. The quantitative estimate of drug-likeness (QED) is 0.0672. The van der Waals surface area contributed by atoms with E-state index in [2.05, 4.69) is 10.6 Å². The molecule has 15 heteroatoms. The van der Waals surface area contributed by atoms with Gasteiger partial charge in [-0.3, -0.25) is 10.6 Å². The minimum atomic E-state index is -1.30. The summed E-state index contributed by atoms with van der Waals surface area (Å²) < 4.78 is 23.1. The minimum Gasteiger partial charge on any atom is -0.456 e. The molecular weight excluding hydrogens is 657 g/mol. The SMILES string of the molecule is NCCSSCCOC(=O)Nc1ccc2c(c1)Oc1cc(NC(=O)OCCSSCCN)ccc1C21OC(=O)c2ccccc21. The molecule has 0 atom stereocenters. The molecule has 11 nitrogen and oxygen atoms in total. The fourth-order valence-corrected chi connectivity index (χ4v) is 8.17. The standard InChI is InChI=1S/C30H32N4O7S4/c31-9-13-42-44-15-11-38-28(36)33-19-5-7-23-25(17-19)40-26-18-20(34-29(37)39-12-16-45-43-14-10-32)6-8-24(26)30(23)22-4-2-1-3-21(22)27(35)41-30/h1-8,17-18H,9-16,31-32H2,(H,33,36)(H,34,37). The Morgan fingerprint density at radius 2 is 1.22 bits per heavy atom. The van der Waals surface area contributed by atoms with Crippen molar-refractivity contribution in [3.05, 3.63) is 82.9 Å². The lowest BCUT2D eigenvalue weighted by Gasteiger charge is -2.36. The molecule has 45 heavy (non-hydrogen) atoms. The van der Waals surface area contributed by atoms with E-state index < -0.39 is 23.8 Å². The molecule has 5 rings (SSSR count). The van der Waals surface area contributed by atoms with E-state index in [1.54, 1.807) is 91.7 Å². The van der Waals surface area contributed by atoms with Gasteiger partial charge in [0.2, 0.25) is 0 Å². The Bertz CT molecular complexity index is 1460. The van der Waals surface area contributed by atoms with E-state index in [-0.39, 0.29) is 13.2 Å². The van der Waals surface area contributed by atoms with Crippen molar-refractivity contribution in [1.29, 1.82) is 0 Å². The molecular formula is C30H32N4O7S4. The first-order valence-corrected chi connectivity index (χ1v) is 19.0. The molecule has 0 saturated heterocycles. The molecule has 2 heterocycles. The van der Waals surface area contributed by atoms with Crippen LogP contribution in [0.3, 0.4) is 0 Å². The summed E-state index contributed by atoms with van der Waals surface area (Å²) in [5, 5.41) is 5.46. The molecule has 0 aliphatic carbocycles. The topological polar surface area (TPSA) is 164 Å². The van der Waals surface area contributed by atoms with Gasteiger partial charge in [0.15, 0.2) is 5.60 Å². The Morgan fingerprint density at radius 3 is 1.76 bits per heavy atom. The summed E-state index contributed by atoms with van der Waals surface area (Å²) in [7, 11) is 6.42. The summed E-state index contributed by atoms with van der Waals surface area (Å²) in [4.78, 5) is 38.1. The number of hydrogen-bond donors (Lipinski definition) is 4. The lowest BCUT2D eigenvalue weighted by atomic mass is 9.77. The van der Waals surface area contributed by atoms with Gasteiger partial charge >= 0.3 is 18.2 Å². The highest BCUT2D eigenvalue weighted by Crippen LogP contribution is 2.56. The number of benzene rings is 3. The van der Waals surface area contributed by atoms with E-state index in [1.165, 1.54) is 0 Å². The molecule has 0 unspecified atom stereocenters. The van der Waals surface area contributed by atoms with E-state index in [4.69, 9.17) is 30.4 Å². The summed E-state index contributed by atoms with van der Waals surface area (Å²) in [6.45, 7) is 1.66. The number of nitrogens with one attached hydrogen (secondary N) is 2. The number of amides is 2. The van der Waals surface area contributed by atoms with Gasteiger partial charge in [-0.25, -0.2) is 14.4 Å². The first-order valence-electron chi connectivity index (χ1n) is 14.0. The maximum atomic E-state index is 13.1. The normalized spacial score (nSPS) is 13.6. The molecule has 238 valence electrons. The molecule has 2 aliphatic heterocycles. The second-order valence-corrected chi connectivity index (χ2v) is 14.9. The zero-order valence-corrected chi connectivity index (χ0v) is 27.3. The Labute approximate surface area is 276 Å². The zero-order chi connectivity index (χ0) is 31.6. The minimum absolute atomic E-state index is 0.239. The lowest BCUT2D eigenvalue weighted by molar-refractivity contribution is 0.0224. The number of carbonyl (C=O) groups is 3. The Hall–Kier alpha value is -3.21. The molecule has 3 aromatic rings. The predicted octanol–water partition coefficient (Wildman–Crippen LogP) is 6.03. The average molecular weight is 689 g/mol. The van der Waals surface area contributed by atoms with E-state index in [1.807, 2.05) is 12.1 Å². The molecule has 0 radical (unpaired) electrons. The number of ether oxygens (including phenoxy) is 4. The summed E-state index contributed by atoms with van der Waals surface area (Å²) in [5.74, 6) is 3.18. The first-order chi connectivity index (χ1) is 22.0. The molecule has 0 fully saturated rings. The summed E-state index contributed by atoms with van der Waals surface area (Å²) in [5.41, 5.74) is 12.8. The van der Waals surface area contributed by atoms with Crippen molar-refractivity contribution in [2.75, 3.05) is 59.9 Å². The fourth-order valence-electron chi connectivity index (χ4n) is 4.81. The van der Waals surface area contributed by atoms with Crippen LogP contribution in [-0.2, 0) is 19.8 Å². The van der Waals surface area contributed by atoms with Crippen molar-refractivity contribution in [3.63, 3.8) is 0 Å². The van der Waals surface area contributed by atoms with Crippen LogP contribution in [0, 0.1) is 0 Å². The molecule has 3 aromatic carbocycles. The van der Waals surface area contributed by atoms with E-state index in [0.717, 1.165) is 11.5 Å². The number of hydrogen-bond acceptors (Lipinski definition) is 13. The monoisotopic (exact) mass is 688 g/mol.